The fourth-order valence-corrected chi connectivity index (χ4v) is 4.21. The summed E-state index contributed by atoms with van der Waals surface area (Å²) in [5.74, 6) is 0.386. The minimum Gasteiger partial charge on any atom is -0.491 e. The van der Waals surface area contributed by atoms with Crippen molar-refractivity contribution in [2.45, 2.75) is 20.0 Å². The summed E-state index contributed by atoms with van der Waals surface area (Å²) in [5, 5.41) is 4.02. The van der Waals surface area contributed by atoms with Gasteiger partial charge in [-0.25, -0.2) is 9.37 Å². The Bertz CT molecular complexity index is 1380. The quantitative estimate of drug-likeness (QED) is 0.431. The van der Waals surface area contributed by atoms with Gasteiger partial charge in [0.05, 0.1) is 11.7 Å². The van der Waals surface area contributed by atoms with Crippen molar-refractivity contribution in [3.8, 4) is 11.4 Å². The fraction of sp³-hybridized carbons (Fsp3) is 0.296. The van der Waals surface area contributed by atoms with Crippen LogP contribution >= 0.6 is 0 Å². The number of hydrogen-bond donors (Lipinski definition) is 1. The summed E-state index contributed by atoms with van der Waals surface area (Å²) < 4.78 is 22.5. The molecule has 0 bridgehead atoms. The van der Waals surface area contributed by atoms with Crippen molar-refractivity contribution in [2.75, 3.05) is 38.5 Å². The van der Waals surface area contributed by atoms with E-state index >= 15 is 4.39 Å². The lowest BCUT2D eigenvalue weighted by Gasteiger charge is -2.32. The number of carbonyl (C=O) groups excluding carboxylic acids is 1. The molecule has 2 aromatic carbocycles. The van der Waals surface area contributed by atoms with Crippen LogP contribution < -0.4 is 10.1 Å². The van der Waals surface area contributed by atoms with Gasteiger partial charge in [-0.3, -0.25) is 4.79 Å². The number of benzene rings is 2. The number of fused-ring (bicyclic) bond motifs is 1. The number of ether oxygens (including phenoxy) is 1. The van der Waals surface area contributed by atoms with Crippen LogP contribution in [0, 0.1) is 5.82 Å². The average molecular weight is 489 g/mol. The first-order valence-corrected chi connectivity index (χ1v) is 12.0. The zero-order valence-electron chi connectivity index (χ0n) is 20.6. The van der Waals surface area contributed by atoms with E-state index in [9.17, 15) is 4.79 Å². The summed E-state index contributed by atoms with van der Waals surface area (Å²) in [4.78, 5) is 25.8. The van der Waals surface area contributed by atoms with Crippen molar-refractivity contribution in [2.24, 2.45) is 0 Å². The van der Waals surface area contributed by atoms with Gasteiger partial charge in [0.2, 0.25) is 5.95 Å². The van der Waals surface area contributed by atoms with Gasteiger partial charge in [-0.1, -0.05) is 0 Å². The van der Waals surface area contributed by atoms with E-state index in [4.69, 9.17) is 4.74 Å². The molecule has 1 saturated heterocycles. The van der Waals surface area contributed by atoms with Gasteiger partial charge in [0.1, 0.15) is 17.2 Å². The van der Waals surface area contributed by atoms with E-state index in [1.807, 2.05) is 57.4 Å². The number of likely N-dealkylation sites (N-methyl/N-ethyl adjacent to an activating group) is 1. The number of rotatable bonds is 6. The van der Waals surface area contributed by atoms with Crippen molar-refractivity contribution >= 4 is 28.6 Å². The standard InChI is InChI=1S/C27H29FN6O2/c1-18(2)36-22-7-4-20(5-8-22)30-27-29-17-19-10-11-34(25(19)31-27)21-6-9-23(24(28)16-21)26(35)33-14-12-32(3)13-15-33/h4-11,16-18H,12-15H2,1-3H3,(H,29,30,31). The molecule has 0 spiro atoms. The predicted octanol–water partition coefficient (Wildman–Crippen LogP) is 4.48. The monoisotopic (exact) mass is 488 g/mol. The Morgan fingerprint density at radius 2 is 1.81 bits per heavy atom. The molecule has 2 aromatic heterocycles. The molecule has 1 aliphatic rings. The van der Waals surface area contributed by atoms with E-state index in [2.05, 4.69) is 20.2 Å². The molecule has 9 heteroatoms. The molecule has 1 N–H and O–H groups in total. The predicted molar refractivity (Wildman–Crippen MR) is 138 cm³/mol. The lowest BCUT2D eigenvalue weighted by Crippen LogP contribution is -2.47. The highest BCUT2D eigenvalue weighted by molar-refractivity contribution is 5.95. The average Bonchev–Trinajstić information content (AvgIpc) is 3.28. The van der Waals surface area contributed by atoms with Gasteiger partial charge < -0.3 is 24.4 Å². The molecule has 186 valence electrons. The SMILES string of the molecule is CC(C)Oc1ccc(Nc2ncc3ccn(-c4ccc(C(=O)N5CCN(C)CC5)c(F)c4)c3n2)cc1. The number of piperazine rings is 1. The van der Waals surface area contributed by atoms with E-state index < -0.39 is 5.82 Å². The van der Waals surface area contributed by atoms with E-state index in [-0.39, 0.29) is 17.6 Å². The first kappa shape index (κ1) is 23.7. The number of hydrogen-bond acceptors (Lipinski definition) is 6. The second-order valence-corrected chi connectivity index (χ2v) is 9.23. The lowest BCUT2D eigenvalue weighted by atomic mass is 10.1. The van der Waals surface area contributed by atoms with Crippen LogP contribution in [-0.4, -0.2) is 69.6 Å². The summed E-state index contributed by atoms with van der Waals surface area (Å²) >= 11 is 0. The second-order valence-electron chi connectivity index (χ2n) is 9.23. The van der Waals surface area contributed by atoms with Crippen LogP contribution in [0.5, 0.6) is 5.75 Å². The molecular weight excluding hydrogens is 459 g/mol. The van der Waals surface area contributed by atoms with Crippen LogP contribution in [-0.2, 0) is 0 Å². The minimum atomic E-state index is -0.547. The lowest BCUT2D eigenvalue weighted by molar-refractivity contribution is 0.0659. The van der Waals surface area contributed by atoms with Crippen molar-refractivity contribution in [3.05, 3.63) is 72.3 Å². The highest BCUT2D eigenvalue weighted by Crippen LogP contribution is 2.24. The normalized spacial score (nSPS) is 14.4. The third kappa shape index (κ3) is 5.01. The van der Waals surface area contributed by atoms with E-state index in [1.54, 1.807) is 27.8 Å². The molecule has 36 heavy (non-hydrogen) atoms. The maximum absolute atomic E-state index is 15.1. The topological polar surface area (TPSA) is 75.5 Å². The number of halogens is 1. The van der Waals surface area contributed by atoms with E-state index in [0.717, 1.165) is 29.9 Å². The molecule has 4 aromatic rings. The van der Waals surface area contributed by atoms with Crippen LogP contribution in [0.2, 0.25) is 0 Å². The molecule has 0 saturated carbocycles. The number of amides is 1. The number of nitrogens with one attached hydrogen (secondary N) is 1. The molecule has 0 radical (unpaired) electrons. The van der Waals surface area contributed by atoms with Gasteiger partial charge in [-0.2, -0.15) is 4.98 Å². The number of anilines is 2. The molecule has 0 unspecified atom stereocenters. The molecule has 0 aliphatic carbocycles. The van der Waals surface area contributed by atoms with Crippen molar-refractivity contribution in [1.82, 2.24) is 24.3 Å². The molecule has 3 heterocycles. The molecular formula is C27H29FN6O2. The summed E-state index contributed by atoms with van der Waals surface area (Å²) in [5.41, 5.74) is 2.12. The molecule has 5 rings (SSSR count). The van der Waals surface area contributed by atoms with Crippen LogP contribution in [0.25, 0.3) is 16.7 Å². The van der Waals surface area contributed by atoms with Crippen molar-refractivity contribution in [3.63, 3.8) is 0 Å². The summed E-state index contributed by atoms with van der Waals surface area (Å²) in [6.07, 6.45) is 3.64. The van der Waals surface area contributed by atoms with Crippen LogP contribution in [0.15, 0.2) is 60.9 Å². The third-order valence-corrected chi connectivity index (χ3v) is 6.16. The number of carbonyl (C=O) groups is 1. The third-order valence-electron chi connectivity index (χ3n) is 6.16. The molecule has 1 amide bonds. The summed E-state index contributed by atoms with van der Waals surface area (Å²) in [7, 11) is 2.02. The van der Waals surface area contributed by atoms with Gasteiger partial charge in [0.15, 0.2) is 0 Å². The van der Waals surface area contributed by atoms with Gasteiger partial charge in [-0.15, -0.1) is 0 Å². The van der Waals surface area contributed by atoms with Crippen molar-refractivity contribution in [1.29, 1.82) is 0 Å². The van der Waals surface area contributed by atoms with Crippen molar-refractivity contribution < 1.29 is 13.9 Å². The van der Waals surface area contributed by atoms with Gasteiger partial charge in [0, 0.05) is 55.3 Å². The maximum Gasteiger partial charge on any atom is 0.256 e. The molecule has 1 fully saturated rings. The minimum absolute atomic E-state index is 0.0849. The highest BCUT2D eigenvalue weighted by Gasteiger charge is 2.23. The maximum atomic E-state index is 15.1. The highest BCUT2D eigenvalue weighted by atomic mass is 19.1. The van der Waals surface area contributed by atoms with Gasteiger partial charge >= 0.3 is 0 Å². The van der Waals surface area contributed by atoms with Crippen LogP contribution in [0.3, 0.4) is 0 Å². The van der Waals surface area contributed by atoms with E-state index in [0.29, 0.717) is 30.4 Å². The molecule has 1 aliphatic heterocycles. The summed E-state index contributed by atoms with van der Waals surface area (Å²) in [6, 6.07) is 14.1. The molecule has 0 atom stereocenters. The van der Waals surface area contributed by atoms with Crippen LogP contribution in [0.4, 0.5) is 16.0 Å². The van der Waals surface area contributed by atoms with Gasteiger partial charge in [-0.05, 0) is 69.4 Å². The fourth-order valence-electron chi connectivity index (χ4n) is 4.21. The first-order chi connectivity index (χ1) is 17.4. The number of aromatic nitrogens is 3. The Balaban J connectivity index is 1.37. The largest absolute Gasteiger partial charge is 0.491 e. The Hall–Kier alpha value is -3.98. The number of nitrogens with zero attached hydrogens (tertiary/aromatic N) is 5. The second kappa shape index (κ2) is 9.94. The Kier molecular flexibility index (Phi) is 6.56. The Morgan fingerprint density at radius 3 is 2.50 bits per heavy atom. The van der Waals surface area contributed by atoms with Gasteiger partial charge in [0.25, 0.3) is 5.91 Å². The Labute approximate surface area is 209 Å². The Morgan fingerprint density at radius 1 is 1.06 bits per heavy atom. The molecule has 8 nitrogen and oxygen atoms in total. The zero-order chi connectivity index (χ0) is 25.2. The van der Waals surface area contributed by atoms with E-state index in [1.165, 1.54) is 6.07 Å². The van der Waals surface area contributed by atoms with Crippen LogP contribution in [0.1, 0.15) is 24.2 Å². The zero-order valence-corrected chi connectivity index (χ0v) is 20.6. The summed E-state index contributed by atoms with van der Waals surface area (Å²) in [6.45, 7) is 6.72. The first-order valence-electron chi connectivity index (χ1n) is 12.0. The smallest absolute Gasteiger partial charge is 0.256 e.